The first-order valence-electron chi connectivity index (χ1n) is 6.74. The minimum absolute atomic E-state index is 0.733. The molecule has 0 amide bonds. The van der Waals surface area contributed by atoms with E-state index in [0.29, 0.717) is 0 Å². The second-order valence-electron chi connectivity index (χ2n) is 5.62. The molecular formula is C16H24. The Hall–Kier alpha value is -0.780. The number of rotatable bonds is 2. The molecule has 1 aromatic rings. The molecule has 0 saturated heterocycles. The first kappa shape index (κ1) is 11.7. The van der Waals surface area contributed by atoms with E-state index in [1.807, 2.05) is 0 Å². The third-order valence-corrected chi connectivity index (χ3v) is 4.70. The van der Waals surface area contributed by atoms with Crippen LogP contribution >= 0.6 is 0 Å². The van der Waals surface area contributed by atoms with E-state index in [1.54, 1.807) is 11.1 Å². The zero-order valence-corrected chi connectivity index (χ0v) is 11.0. The van der Waals surface area contributed by atoms with E-state index in [-0.39, 0.29) is 0 Å². The maximum atomic E-state index is 2.41. The average Bonchev–Trinajstić information content (AvgIpc) is 2.33. The van der Waals surface area contributed by atoms with E-state index in [4.69, 9.17) is 0 Å². The lowest BCUT2D eigenvalue weighted by Crippen LogP contribution is -2.23. The smallest absolute Gasteiger partial charge is 0.0131 e. The molecule has 16 heavy (non-hydrogen) atoms. The van der Waals surface area contributed by atoms with Gasteiger partial charge in [0, 0.05) is 0 Å². The van der Waals surface area contributed by atoms with Crippen LogP contribution in [0.3, 0.4) is 0 Å². The van der Waals surface area contributed by atoms with Crippen LogP contribution in [0.4, 0.5) is 0 Å². The molecule has 88 valence electrons. The van der Waals surface area contributed by atoms with Gasteiger partial charge in [-0.2, -0.15) is 0 Å². The summed E-state index contributed by atoms with van der Waals surface area (Å²) >= 11 is 0. The Kier molecular flexibility index (Phi) is 3.37. The fourth-order valence-electron chi connectivity index (χ4n) is 3.12. The van der Waals surface area contributed by atoms with Crippen LogP contribution in [0.1, 0.15) is 63.5 Å². The molecule has 0 bridgehead atoms. The number of hydrogen-bond acceptors (Lipinski definition) is 0. The van der Waals surface area contributed by atoms with Crippen molar-refractivity contribution in [1.29, 1.82) is 0 Å². The molecule has 0 saturated carbocycles. The van der Waals surface area contributed by atoms with Crippen molar-refractivity contribution in [2.45, 2.75) is 52.4 Å². The first-order valence-corrected chi connectivity index (χ1v) is 6.74. The lowest BCUT2D eigenvalue weighted by atomic mass is 9.67. The van der Waals surface area contributed by atoms with E-state index in [0.717, 1.165) is 23.7 Å². The molecule has 0 heteroatoms. The molecule has 4 atom stereocenters. The van der Waals surface area contributed by atoms with Gasteiger partial charge in [-0.15, -0.1) is 0 Å². The second-order valence-corrected chi connectivity index (χ2v) is 5.62. The monoisotopic (exact) mass is 216 g/mol. The van der Waals surface area contributed by atoms with E-state index >= 15 is 0 Å². The molecule has 0 radical (unpaired) electrons. The minimum Gasteiger partial charge on any atom is -0.0651 e. The van der Waals surface area contributed by atoms with Crippen LogP contribution in [0.25, 0.3) is 0 Å². The van der Waals surface area contributed by atoms with E-state index < -0.39 is 0 Å². The lowest BCUT2D eigenvalue weighted by Gasteiger charge is -2.37. The number of hydrogen-bond donors (Lipinski definition) is 0. The summed E-state index contributed by atoms with van der Waals surface area (Å²) in [6, 6.07) is 9.09. The predicted molar refractivity (Wildman–Crippen MR) is 70.8 cm³/mol. The Labute approximate surface area is 100 Å². The number of benzene rings is 1. The van der Waals surface area contributed by atoms with E-state index in [2.05, 4.69) is 52.0 Å². The second kappa shape index (κ2) is 4.61. The van der Waals surface area contributed by atoms with E-state index in [9.17, 15) is 0 Å². The topological polar surface area (TPSA) is 0 Å². The summed E-state index contributed by atoms with van der Waals surface area (Å²) in [6.45, 7) is 9.52. The van der Waals surface area contributed by atoms with Gasteiger partial charge >= 0.3 is 0 Å². The molecule has 0 aromatic heterocycles. The normalized spacial score (nSPS) is 30.9. The molecule has 1 unspecified atom stereocenters. The maximum Gasteiger partial charge on any atom is -0.0131 e. The Morgan fingerprint density at radius 2 is 1.81 bits per heavy atom. The molecule has 0 aliphatic heterocycles. The van der Waals surface area contributed by atoms with Gasteiger partial charge in [0.1, 0.15) is 0 Å². The molecule has 0 N–H and O–H groups in total. The van der Waals surface area contributed by atoms with Gasteiger partial charge in [-0.05, 0) is 41.2 Å². The summed E-state index contributed by atoms with van der Waals surface area (Å²) in [5.41, 5.74) is 3.23. The zero-order chi connectivity index (χ0) is 11.7. The summed E-state index contributed by atoms with van der Waals surface area (Å²) in [6.07, 6.45) is 2.66. The summed E-state index contributed by atoms with van der Waals surface area (Å²) in [7, 11) is 0. The van der Waals surface area contributed by atoms with Crippen molar-refractivity contribution in [3.63, 3.8) is 0 Å². The Balaban J connectivity index is 2.40. The fourth-order valence-corrected chi connectivity index (χ4v) is 3.12. The maximum absolute atomic E-state index is 2.41. The van der Waals surface area contributed by atoms with Crippen molar-refractivity contribution in [1.82, 2.24) is 0 Å². The van der Waals surface area contributed by atoms with Gasteiger partial charge in [-0.1, -0.05) is 58.4 Å². The summed E-state index contributed by atoms with van der Waals surface area (Å²) in [5.74, 6) is 3.16. The highest BCUT2D eigenvalue weighted by Crippen LogP contribution is 2.45. The highest BCUT2D eigenvalue weighted by atomic mass is 14.4. The zero-order valence-electron chi connectivity index (χ0n) is 11.0. The Morgan fingerprint density at radius 3 is 2.44 bits per heavy atom. The minimum atomic E-state index is 0.733. The molecule has 0 heterocycles. The van der Waals surface area contributed by atoms with Gasteiger partial charge in [0.25, 0.3) is 0 Å². The van der Waals surface area contributed by atoms with Crippen LogP contribution in [0.2, 0.25) is 0 Å². The quantitative estimate of drug-likeness (QED) is 0.655. The van der Waals surface area contributed by atoms with Crippen LogP contribution in [0.5, 0.6) is 0 Å². The van der Waals surface area contributed by atoms with Gasteiger partial charge in [-0.3, -0.25) is 0 Å². The van der Waals surface area contributed by atoms with Crippen molar-refractivity contribution in [3.8, 4) is 0 Å². The van der Waals surface area contributed by atoms with Crippen LogP contribution in [0.15, 0.2) is 24.3 Å². The summed E-state index contributed by atoms with van der Waals surface area (Å²) in [5, 5.41) is 0. The van der Waals surface area contributed by atoms with Gasteiger partial charge in [-0.25, -0.2) is 0 Å². The lowest BCUT2D eigenvalue weighted by molar-refractivity contribution is 0.311. The molecule has 1 aliphatic rings. The predicted octanol–water partition coefficient (Wildman–Crippen LogP) is 4.96. The molecule has 0 spiro atoms. The molecule has 2 rings (SSSR count). The molecule has 1 aliphatic carbocycles. The molecule has 0 nitrogen and oxygen atoms in total. The Morgan fingerprint density at radius 1 is 1.19 bits per heavy atom. The molecule has 0 fully saturated rings. The molecule has 1 aromatic carbocycles. The van der Waals surface area contributed by atoms with Crippen molar-refractivity contribution in [2.75, 3.05) is 0 Å². The largest absolute Gasteiger partial charge is 0.0651 e. The van der Waals surface area contributed by atoms with E-state index in [1.165, 1.54) is 12.8 Å². The van der Waals surface area contributed by atoms with Gasteiger partial charge in [0.05, 0.1) is 0 Å². The summed E-state index contributed by atoms with van der Waals surface area (Å²) < 4.78 is 0. The van der Waals surface area contributed by atoms with Crippen molar-refractivity contribution >= 4 is 0 Å². The van der Waals surface area contributed by atoms with Crippen LogP contribution in [0, 0.1) is 11.8 Å². The van der Waals surface area contributed by atoms with Gasteiger partial charge < -0.3 is 0 Å². The van der Waals surface area contributed by atoms with Crippen molar-refractivity contribution in [2.24, 2.45) is 11.8 Å². The van der Waals surface area contributed by atoms with Gasteiger partial charge in [0.2, 0.25) is 0 Å². The van der Waals surface area contributed by atoms with Crippen LogP contribution in [-0.2, 0) is 0 Å². The highest BCUT2D eigenvalue weighted by Gasteiger charge is 2.31. The van der Waals surface area contributed by atoms with Crippen LogP contribution in [-0.4, -0.2) is 0 Å². The standard InChI is InChI=1S/C16H24/c1-5-11(2)16-10-12(3)13(4)14-8-6-7-9-15(14)16/h6-9,11-13,16H,5,10H2,1-4H3/t11-,12+,13+,16?/m1/s1. The SMILES string of the molecule is CC[C@@H](C)C1C[C@H](C)[C@H](C)c2ccccc21. The third-order valence-electron chi connectivity index (χ3n) is 4.70. The Bertz CT molecular complexity index is 353. The summed E-state index contributed by atoms with van der Waals surface area (Å²) in [4.78, 5) is 0. The highest BCUT2D eigenvalue weighted by molar-refractivity contribution is 5.36. The third kappa shape index (κ3) is 1.90. The first-order chi connectivity index (χ1) is 7.65. The fraction of sp³-hybridized carbons (Fsp3) is 0.625. The number of fused-ring (bicyclic) bond motifs is 1. The molecular weight excluding hydrogens is 192 g/mol. The van der Waals surface area contributed by atoms with Crippen LogP contribution < -0.4 is 0 Å². The van der Waals surface area contributed by atoms with Crippen molar-refractivity contribution in [3.05, 3.63) is 35.4 Å². The average molecular weight is 216 g/mol. The van der Waals surface area contributed by atoms with Gasteiger partial charge in [0.15, 0.2) is 0 Å². The van der Waals surface area contributed by atoms with Crippen molar-refractivity contribution < 1.29 is 0 Å².